The fourth-order valence-corrected chi connectivity index (χ4v) is 5.07. The molecule has 3 aliphatic rings. The van der Waals surface area contributed by atoms with Gasteiger partial charge in [-0.15, -0.1) is 0 Å². The first-order chi connectivity index (χ1) is 11.8. The summed E-state index contributed by atoms with van der Waals surface area (Å²) in [6, 6.07) is -2.29. The van der Waals surface area contributed by atoms with Crippen molar-refractivity contribution in [2.24, 2.45) is 17.8 Å². The Hall–Kier alpha value is -0.850. The van der Waals surface area contributed by atoms with Crippen LogP contribution in [-0.4, -0.2) is 36.4 Å². The fraction of sp³-hybridized carbons (Fsp3) is 0.944. The number of hydrogen-bond acceptors (Lipinski definition) is 2. The van der Waals surface area contributed by atoms with Gasteiger partial charge >= 0.3 is 6.18 Å². The first-order valence-corrected chi connectivity index (χ1v) is 9.53. The molecule has 144 valence electrons. The minimum absolute atomic E-state index is 0.120. The van der Waals surface area contributed by atoms with Crippen LogP contribution in [0.15, 0.2) is 0 Å². The molecule has 2 aliphatic carbocycles. The predicted octanol–water partition coefficient (Wildman–Crippen LogP) is 3.73. The Morgan fingerprint density at radius 2 is 1.84 bits per heavy atom. The van der Waals surface area contributed by atoms with Gasteiger partial charge in [-0.2, -0.15) is 13.2 Å². The predicted molar refractivity (Wildman–Crippen MR) is 86.7 cm³/mol. The van der Waals surface area contributed by atoms with Gasteiger partial charge in [0.05, 0.1) is 6.04 Å². The zero-order valence-electron chi connectivity index (χ0n) is 14.6. The summed E-state index contributed by atoms with van der Waals surface area (Å²) in [7, 11) is 0. The van der Waals surface area contributed by atoms with E-state index < -0.39 is 36.3 Å². The van der Waals surface area contributed by atoms with Crippen LogP contribution in [0.25, 0.3) is 0 Å². The van der Waals surface area contributed by atoms with Gasteiger partial charge in [0, 0.05) is 6.04 Å². The average molecular weight is 364 g/mol. The van der Waals surface area contributed by atoms with Gasteiger partial charge in [-0.1, -0.05) is 19.8 Å². The Morgan fingerprint density at radius 3 is 2.48 bits per heavy atom. The van der Waals surface area contributed by atoms with E-state index in [1.54, 1.807) is 0 Å². The number of rotatable bonds is 3. The zero-order valence-corrected chi connectivity index (χ0v) is 14.6. The van der Waals surface area contributed by atoms with Crippen molar-refractivity contribution in [1.82, 2.24) is 10.6 Å². The van der Waals surface area contributed by atoms with Crippen LogP contribution in [0, 0.1) is 17.8 Å². The van der Waals surface area contributed by atoms with Crippen molar-refractivity contribution >= 4 is 5.91 Å². The molecule has 2 N–H and O–H groups in total. The maximum absolute atomic E-state index is 13.6. The molecular weight excluding hydrogens is 336 g/mol. The highest BCUT2D eigenvalue weighted by Gasteiger charge is 2.49. The number of carbonyl (C=O) groups is 1. The molecule has 1 amide bonds. The molecule has 25 heavy (non-hydrogen) atoms. The monoisotopic (exact) mass is 364 g/mol. The molecule has 7 atom stereocenters. The topological polar surface area (TPSA) is 41.1 Å². The second kappa shape index (κ2) is 7.41. The van der Waals surface area contributed by atoms with Crippen molar-refractivity contribution in [3.05, 3.63) is 0 Å². The lowest BCUT2D eigenvalue weighted by Gasteiger charge is -2.34. The average Bonchev–Trinajstić information content (AvgIpc) is 2.97. The van der Waals surface area contributed by atoms with Gasteiger partial charge in [-0.05, 0) is 56.3 Å². The molecule has 3 nitrogen and oxygen atoms in total. The molecule has 0 aromatic heterocycles. The summed E-state index contributed by atoms with van der Waals surface area (Å²) < 4.78 is 54.0. The van der Waals surface area contributed by atoms with Gasteiger partial charge in [-0.3, -0.25) is 4.79 Å². The van der Waals surface area contributed by atoms with Crippen molar-refractivity contribution in [2.45, 2.75) is 88.8 Å². The molecule has 0 aromatic carbocycles. The smallest absolute Gasteiger partial charge is 0.343 e. The van der Waals surface area contributed by atoms with E-state index in [0.717, 1.165) is 19.3 Å². The minimum atomic E-state index is -4.55. The van der Waals surface area contributed by atoms with Crippen LogP contribution in [0.1, 0.15) is 58.3 Å². The normalized spacial score (nSPS) is 40.4. The van der Waals surface area contributed by atoms with Gasteiger partial charge in [0.1, 0.15) is 12.2 Å². The number of nitrogens with one attached hydrogen (secondary N) is 2. The van der Waals surface area contributed by atoms with Crippen LogP contribution in [0.3, 0.4) is 0 Å². The molecule has 1 heterocycles. The zero-order chi connectivity index (χ0) is 18.2. The highest BCUT2D eigenvalue weighted by Crippen LogP contribution is 2.38. The van der Waals surface area contributed by atoms with E-state index in [0.29, 0.717) is 37.5 Å². The standard InChI is InChI=1S/C18H28F4N2O/c1-10-4-2-5-11-9-14(23-15(10)11)17(25)24-16(18(20,21)22)12-6-3-7-13(19)8-12/h10-16,23H,2-9H2,1H3,(H,24,25). The van der Waals surface area contributed by atoms with Gasteiger partial charge < -0.3 is 10.6 Å². The molecule has 7 unspecified atom stereocenters. The maximum atomic E-state index is 13.6. The lowest BCUT2D eigenvalue weighted by atomic mass is 9.78. The largest absolute Gasteiger partial charge is 0.408 e. The van der Waals surface area contributed by atoms with Crippen LogP contribution in [0.2, 0.25) is 0 Å². The Balaban J connectivity index is 1.64. The molecule has 0 radical (unpaired) electrons. The summed E-state index contributed by atoms with van der Waals surface area (Å²) in [4.78, 5) is 12.5. The van der Waals surface area contributed by atoms with Crippen molar-refractivity contribution in [3.63, 3.8) is 0 Å². The molecule has 0 bridgehead atoms. The third-order valence-corrected chi connectivity index (χ3v) is 6.38. The third kappa shape index (κ3) is 4.29. The van der Waals surface area contributed by atoms with Crippen molar-refractivity contribution < 1.29 is 22.4 Å². The van der Waals surface area contributed by atoms with Gasteiger partial charge in [0.15, 0.2) is 0 Å². The Labute approximate surface area is 146 Å². The SMILES string of the molecule is CC1CCCC2CC(C(=O)NC(C3CCCC(F)C3)C(F)(F)F)NC12. The molecular formula is C18H28F4N2O. The Kier molecular flexibility index (Phi) is 5.61. The first-order valence-electron chi connectivity index (χ1n) is 9.53. The van der Waals surface area contributed by atoms with Gasteiger partial charge in [0.2, 0.25) is 5.91 Å². The number of fused-ring (bicyclic) bond motifs is 1. The van der Waals surface area contributed by atoms with E-state index >= 15 is 0 Å². The fourth-order valence-electron chi connectivity index (χ4n) is 5.07. The molecule has 0 spiro atoms. The van der Waals surface area contributed by atoms with Crippen LogP contribution in [0.5, 0.6) is 0 Å². The second-order valence-electron chi connectivity index (χ2n) is 8.20. The molecule has 7 heteroatoms. The van der Waals surface area contributed by atoms with E-state index in [1.165, 1.54) is 0 Å². The molecule has 3 rings (SSSR count). The highest BCUT2D eigenvalue weighted by atomic mass is 19.4. The molecule has 2 saturated carbocycles. The number of hydrogen-bond donors (Lipinski definition) is 2. The summed E-state index contributed by atoms with van der Waals surface area (Å²) in [6.07, 6.45) is -0.960. The van der Waals surface area contributed by atoms with E-state index in [2.05, 4.69) is 17.6 Å². The van der Waals surface area contributed by atoms with Crippen molar-refractivity contribution in [3.8, 4) is 0 Å². The molecule has 0 aromatic rings. The van der Waals surface area contributed by atoms with E-state index in [-0.39, 0.29) is 12.5 Å². The van der Waals surface area contributed by atoms with Crippen LogP contribution < -0.4 is 10.6 Å². The van der Waals surface area contributed by atoms with Crippen LogP contribution in [-0.2, 0) is 4.79 Å². The van der Waals surface area contributed by atoms with E-state index in [4.69, 9.17) is 0 Å². The quantitative estimate of drug-likeness (QED) is 0.750. The van der Waals surface area contributed by atoms with Crippen molar-refractivity contribution in [1.29, 1.82) is 0 Å². The summed E-state index contributed by atoms with van der Waals surface area (Å²) >= 11 is 0. The van der Waals surface area contributed by atoms with E-state index in [9.17, 15) is 22.4 Å². The molecule has 3 fully saturated rings. The first kappa shape index (κ1) is 18.9. The Morgan fingerprint density at radius 1 is 1.12 bits per heavy atom. The Bertz CT molecular complexity index is 484. The van der Waals surface area contributed by atoms with Crippen LogP contribution >= 0.6 is 0 Å². The lowest BCUT2D eigenvalue weighted by molar-refractivity contribution is -0.176. The minimum Gasteiger partial charge on any atom is -0.343 e. The number of halogens is 4. The summed E-state index contributed by atoms with van der Waals surface area (Å²) in [5.41, 5.74) is 0. The van der Waals surface area contributed by atoms with Gasteiger partial charge in [-0.25, -0.2) is 4.39 Å². The summed E-state index contributed by atoms with van der Waals surface area (Å²) in [6.45, 7) is 2.13. The van der Waals surface area contributed by atoms with Crippen LogP contribution in [0.4, 0.5) is 17.6 Å². The maximum Gasteiger partial charge on any atom is 0.408 e. The lowest BCUT2D eigenvalue weighted by Crippen LogP contribution is -2.55. The molecule has 1 aliphatic heterocycles. The van der Waals surface area contributed by atoms with Crippen molar-refractivity contribution in [2.75, 3.05) is 0 Å². The third-order valence-electron chi connectivity index (χ3n) is 6.38. The second-order valence-corrected chi connectivity index (χ2v) is 8.20. The summed E-state index contributed by atoms with van der Waals surface area (Å²) in [5, 5.41) is 5.48. The summed E-state index contributed by atoms with van der Waals surface area (Å²) in [5.74, 6) is -0.630. The number of alkyl halides is 4. The molecule has 1 saturated heterocycles. The highest BCUT2D eigenvalue weighted by molar-refractivity contribution is 5.82. The number of amides is 1. The van der Waals surface area contributed by atoms with Gasteiger partial charge in [0.25, 0.3) is 0 Å². The van der Waals surface area contributed by atoms with E-state index in [1.807, 2.05) is 0 Å². The number of carbonyl (C=O) groups excluding carboxylic acids is 1.